The third-order valence-electron chi connectivity index (χ3n) is 2.90. The molecule has 0 aliphatic heterocycles. The molecule has 2 rings (SSSR count). The van der Waals surface area contributed by atoms with E-state index in [4.69, 9.17) is 28.9 Å². The molecular formula is C15H15Cl2N. The standard InChI is InChI=1S/C15H15Cl2N/c1-9-5-10(2)7-11(6-9)15(18)13-8-12(16)3-4-14(13)17/h3-8,15H,18H2,1-2H3. The van der Waals surface area contributed by atoms with Gasteiger partial charge in [0.2, 0.25) is 0 Å². The lowest BCUT2D eigenvalue weighted by Gasteiger charge is -2.16. The zero-order valence-electron chi connectivity index (χ0n) is 10.4. The minimum absolute atomic E-state index is 0.255. The van der Waals surface area contributed by atoms with Gasteiger partial charge in [-0.25, -0.2) is 0 Å². The maximum atomic E-state index is 6.28. The smallest absolute Gasteiger partial charge is 0.0567 e. The van der Waals surface area contributed by atoms with Crippen molar-refractivity contribution in [1.29, 1.82) is 0 Å². The van der Waals surface area contributed by atoms with Gasteiger partial charge in [0.1, 0.15) is 0 Å². The number of halogens is 2. The highest BCUT2D eigenvalue weighted by Gasteiger charge is 2.13. The van der Waals surface area contributed by atoms with Gasteiger partial charge in [-0.05, 0) is 43.2 Å². The normalized spacial score (nSPS) is 12.5. The molecular weight excluding hydrogens is 265 g/mol. The first-order valence-electron chi connectivity index (χ1n) is 5.76. The summed E-state index contributed by atoms with van der Waals surface area (Å²) in [5, 5.41) is 1.29. The number of rotatable bonds is 2. The summed E-state index contributed by atoms with van der Waals surface area (Å²) in [5.41, 5.74) is 10.6. The Balaban J connectivity index is 2.47. The average Bonchev–Trinajstić information content (AvgIpc) is 2.30. The summed E-state index contributed by atoms with van der Waals surface area (Å²) < 4.78 is 0. The molecule has 2 aromatic rings. The summed E-state index contributed by atoms with van der Waals surface area (Å²) >= 11 is 12.2. The van der Waals surface area contributed by atoms with Crippen molar-refractivity contribution in [3.63, 3.8) is 0 Å². The summed E-state index contributed by atoms with van der Waals surface area (Å²) in [6.07, 6.45) is 0. The van der Waals surface area contributed by atoms with E-state index in [1.54, 1.807) is 12.1 Å². The molecule has 0 heterocycles. The Labute approximate surface area is 118 Å². The number of hydrogen-bond donors (Lipinski definition) is 1. The first-order chi connectivity index (χ1) is 8.47. The fraction of sp³-hybridized carbons (Fsp3) is 0.200. The van der Waals surface area contributed by atoms with E-state index < -0.39 is 0 Å². The molecule has 0 fully saturated rings. The molecule has 2 N–H and O–H groups in total. The Morgan fingerprint density at radius 3 is 2.17 bits per heavy atom. The molecule has 18 heavy (non-hydrogen) atoms. The van der Waals surface area contributed by atoms with Gasteiger partial charge in [0, 0.05) is 10.0 Å². The van der Waals surface area contributed by atoms with Crippen LogP contribution < -0.4 is 5.73 Å². The second-order valence-corrected chi connectivity index (χ2v) is 5.41. The first-order valence-corrected chi connectivity index (χ1v) is 6.51. The van der Waals surface area contributed by atoms with Gasteiger partial charge in [-0.15, -0.1) is 0 Å². The van der Waals surface area contributed by atoms with E-state index in [0.29, 0.717) is 10.0 Å². The zero-order chi connectivity index (χ0) is 13.3. The van der Waals surface area contributed by atoms with E-state index in [0.717, 1.165) is 11.1 Å². The monoisotopic (exact) mass is 279 g/mol. The van der Waals surface area contributed by atoms with Crippen molar-refractivity contribution >= 4 is 23.2 Å². The summed E-state index contributed by atoms with van der Waals surface area (Å²) in [7, 11) is 0. The summed E-state index contributed by atoms with van der Waals surface area (Å²) in [6.45, 7) is 4.12. The van der Waals surface area contributed by atoms with Crippen LogP contribution in [0.3, 0.4) is 0 Å². The van der Waals surface area contributed by atoms with Crippen LogP contribution in [0.25, 0.3) is 0 Å². The SMILES string of the molecule is Cc1cc(C)cc(C(N)c2cc(Cl)ccc2Cl)c1. The van der Waals surface area contributed by atoms with Crippen molar-refractivity contribution in [3.05, 3.63) is 68.7 Å². The van der Waals surface area contributed by atoms with Crippen LogP contribution in [-0.2, 0) is 0 Å². The minimum Gasteiger partial charge on any atom is -0.320 e. The maximum Gasteiger partial charge on any atom is 0.0567 e. The largest absolute Gasteiger partial charge is 0.320 e. The van der Waals surface area contributed by atoms with Gasteiger partial charge < -0.3 is 5.73 Å². The zero-order valence-corrected chi connectivity index (χ0v) is 11.9. The molecule has 1 nitrogen and oxygen atoms in total. The van der Waals surface area contributed by atoms with Crippen LogP contribution in [0.4, 0.5) is 0 Å². The van der Waals surface area contributed by atoms with Gasteiger partial charge in [0.25, 0.3) is 0 Å². The quantitative estimate of drug-likeness (QED) is 0.850. The number of benzene rings is 2. The first kappa shape index (κ1) is 13.4. The molecule has 0 saturated heterocycles. The van der Waals surface area contributed by atoms with Crippen LogP contribution in [0.5, 0.6) is 0 Å². The molecule has 1 atom stereocenters. The van der Waals surface area contributed by atoms with Crippen molar-refractivity contribution < 1.29 is 0 Å². The summed E-state index contributed by atoms with van der Waals surface area (Å²) in [6, 6.07) is 11.4. The molecule has 94 valence electrons. The highest BCUT2D eigenvalue weighted by Crippen LogP contribution is 2.29. The number of aryl methyl sites for hydroxylation is 2. The molecule has 0 aliphatic carbocycles. The van der Waals surface area contributed by atoms with Crippen LogP contribution >= 0.6 is 23.2 Å². The average molecular weight is 280 g/mol. The van der Waals surface area contributed by atoms with Crippen LogP contribution in [0.15, 0.2) is 36.4 Å². The van der Waals surface area contributed by atoms with Crippen LogP contribution in [-0.4, -0.2) is 0 Å². The van der Waals surface area contributed by atoms with Gasteiger partial charge in [0.15, 0.2) is 0 Å². The second-order valence-electron chi connectivity index (χ2n) is 4.56. The van der Waals surface area contributed by atoms with E-state index in [1.165, 1.54) is 11.1 Å². The Bertz CT molecular complexity index is 558. The van der Waals surface area contributed by atoms with Crippen LogP contribution in [0.2, 0.25) is 10.0 Å². The molecule has 2 aromatic carbocycles. The fourth-order valence-corrected chi connectivity index (χ4v) is 2.54. The molecule has 0 radical (unpaired) electrons. The highest BCUT2D eigenvalue weighted by atomic mass is 35.5. The topological polar surface area (TPSA) is 26.0 Å². The van der Waals surface area contributed by atoms with Gasteiger partial charge in [0.05, 0.1) is 6.04 Å². The molecule has 0 bridgehead atoms. The predicted molar refractivity (Wildman–Crippen MR) is 78.4 cm³/mol. The molecule has 0 aliphatic rings. The van der Waals surface area contributed by atoms with E-state index >= 15 is 0 Å². The Kier molecular flexibility index (Phi) is 3.96. The highest BCUT2D eigenvalue weighted by molar-refractivity contribution is 6.33. The maximum absolute atomic E-state index is 6.28. The van der Waals surface area contributed by atoms with E-state index in [2.05, 4.69) is 32.0 Å². The summed E-state index contributed by atoms with van der Waals surface area (Å²) in [5.74, 6) is 0. The lowest BCUT2D eigenvalue weighted by atomic mass is 9.96. The predicted octanol–water partition coefficient (Wildman–Crippen LogP) is 4.66. The van der Waals surface area contributed by atoms with Crippen molar-refractivity contribution in [2.75, 3.05) is 0 Å². The molecule has 0 spiro atoms. The lowest BCUT2D eigenvalue weighted by Crippen LogP contribution is -2.12. The molecule has 1 unspecified atom stereocenters. The van der Waals surface area contributed by atoms with Gasteiger partial charge in [-0.3, -0.25) is 0 Å². The fourth-order valence-electron chi connectivity index (χ4n) is 2.12. The molecule has 3 heteroatoms. The molecule has 0 saturated carbocycles. The number of hydrogen-bond acceptors (Lipinski definition) is 1. The minimum atomic E-state index is -0.255. The van der Waals surface area contributed by atoms with E-state index in [1.807, 2.05) is 6.07 Å². The summed E-state index contributed by atoms with van der Waals surface area (Å²) in [4.78, 5) is 0. The van der Waals surface area contributed by atoms with E-state index in [-0.39, 0.29) is 6.04 Å². The van der Waals surface area contributed by atoms with E-state index in [9.17, 15) is 0 Å². The number of nitrogens with two attached hydrogens (primary N) is 1. The van der Waals surface area contributed by atoms with Gasteiger partial charge >= 0.3 is 0 Å². The van der Waals surface area contributed by atoms with Gasteiger partial charge in [-0.1, -0.05) is 52.5 Å². The third kappa shape index (κ3) is 2.86. The molecule has 0 aromatic heterocycles. The Morgan fingerprint density at radius 1 is 0.944 bits per heavy atom. The van der Waals surface area contributed by atoms with Crippen LogP contribution in [0, 0.1) is 13.8 Å². The van der Waals surface area contributed by atoms with Crippen molar-refractivity contribution in [2.24, 2.45) is 5.73 Å². The van der Waals surface area contributed by atoms with Crippen molar-refractivity contribution in [2.45, 2.75) is 19.9 Å². The van der Waals surface area contributed by atoms with Crippen molar-refractivity contribution in [3.8, 4) is 0 Å². The Hall–Kier alpha value is -1.02. The van der Waals surface area contributed by atoms with Crippen LogP contribution in [0.1, 0.15) is 28.3 Å². The second kappa shape index (κ2) is 5.31. The van der Waals surface area contributed by atoms with Crippen molar-refractivity contribution in [1.82, 2.24) is 0 Å². The molecule has 0 amide bonds. The third-order valence-corrected chi connectivity index (χ3v) is 3.48. The van der Waals surface area contributed by atoms with Gasteiger partial charge in [-0.2, -0.15) is 0 Å². The lowest BCUT2D eigenvalue weighted by molar-refractivity contribution is 0.868. The Morgan fingerprint density at radius 2 is 1.56 bits per heavy atom.